The van der Waals surface area contributed by atoms with Crippen molar-refractivity contribution in [1.29, 1.82) is 0 Å². The first-order valence-corrected chi connectivity index (χ1v) is 7.25. The molecule has 0 unspecified atom stereocenters. The molecule has 2 aromatic rings. The van der Waals surface area contributed by atoms with Gasteiger partial charge in [-0.05, 0) is 24.6 Å². The Morgan fingerprint density at radius 2 is 2.32 bits per heavy atom. The molecule has 0 spiro atoms. The van der Waals surface area contributed by atoms with Gasteiger partial charge in [0.25, 0.3) is 0 Å². The van der Waals surface area contributed by atoms with Crippen LogP contribution in [0.4, 0.5) is 0 Å². The van der Waals surface area contributed by atoms with E-state index in [1.54, 1.807) is 17.4 Å². The summed E-state index contributed by atoms with van der Waals surface area (Å²) < 4.78 is 0. The molecular weight excluding hydrogens is 280 g/mol. The minimum atomic E-state index is 0.0171. The molecule has 19 heavy (non-hydrogen) atoms. The van der Waals surface area contributed by atoms with E-state index < -0.39 is 0 Å². The first-order valence-electron chi connectivity index (χ1n) is 6.06. The average molecular weight is 295 g/mol. The predicted molar refractivity (Wildman–Crippen MR) is 78.7 cm³/mol. The highest BCUT2D eigenvalue weighted by atomic mass is 35.5. The van der Waals surface area contributed by atoms with E-state index in [-0.39, 0.29) is 5.91 Å². The number of hydrogen-bond acceptors (Lipinski definition) is 3. The zero-order valence-electron chi connectivity index (χ0n) is 10.6. The van der Waals surface area contributed by atoms with Crippen LogP contribution in [0.15, 0.2) is 30.5 Å². The van der Waals surface area contributed by atoms with Crippen LogP contribution < -0.4 is 5.32 Å². The number of thiazole rings is 1. The van der Waals surface area contributed by atoms with Crippen molar-refractivity contribution in [3.8, 4) is 0 Å². The van der Waals surface area contributed by atoms with Crippen molar-refractivity contribution < 1.29 is 4.79 Å². The fourth-order valence-electron chi connectivity index (χ4n) is 1.74. The van der Waals surface area contributed by atoms with Gasteiger partial charge in [0.2, 0.25) is 5.91 Å². The van der Waals surface area contributed by atoms with Gasteiger partial charge in [-0.1, -0.05) is 23.7 Å². The molecular formula is C14H15ClN2OS. The molecule has 0 aliphatic heterocycles. The number of carbonyl (C=O) groups is 1. The van der Waals surface area contributed by atoms with Gasteiger partial charge < -0.3 is 5.32 Å². The Morgan fingerprint density at radius 3 is 3.00 bits per heavy atom. The quantitative estimate of drug-likeness (QED) is 0.921. The fraction of sp³-hybridized carbons (Fsp3) is 0.286. The summed E-state index contributed by atoms with van der Waals surface area (Å²) in [4.78, 5) is 17.1. The molecule has 0 aliphatic carbocycles. The molecule has 0 saturated carbocycles. The maximum absolute atomic E-state index is 11.8. The van der Waals surface area contributed by atoms with Crippen LogP contribution in [0.3, 0.4) is 0 Å². The van der Waals surface area contributed by atoms with Crippen molar-refractivity contribution in [3.63, 3.8) is 0 Å². The van der Waals surface area contributed by atoms with Gasteiger partial charge in [-0.25, -0.2) is 4.98 Å². The molecule has 100 valence electrons. The van der Waals surface area contributed by atoms with E-state index in [0.29, 0.717) is 18.0 Å². The zero-order valence-corrected chi connectivity index (χ0v) is 12.2. The maximum Gasteiger partial charge on any atom is 0.224 e. The van der Waals surface area contributed by atoms with E-state index in [4.69, 9.17) is 11.6 Å². The van der Waals surface area contributed by atoms with E-state index in [9.17, 15) is 4.79 Å². The Morgan fingerprint density at radius 1 is 1.47 bits per heavy atom. The topological polar surface area (TPSA) is 42.0 Å². The minimum absolute atomic E-state index is 0.0171. The Labute approximate surface area is 121 Å². The molecule has 0 saturated heterocycles. The standard InChI is InChI=1S/C14H15ClN2OS/c1-10-17-9-13(19-10)5-6-16-14(18)8-11-3-2-4-12(15)7-11/h2-4,7,9H,5-6,8H2,1H3,(H,16,18). The number of aromatic nitrogens is 1. The van der Waals surface area contributed by atoms with Gasteiger partial charge in [-0.15, -0.1) is 11.3 Å². The van der Waals surface area contributed by atoms with Crippen LogP contribution in [0.25, 0.3) is 0 Å². The molecule has 0 radical (unpaired) electrons. The molecule has 1 N–H and O–H groups in total. The fourth-order valence-corrected chi connectivity index (χ4v) is 2.75. The summed E-state index contributed by atoms with van der Waals surface area (Å²) >= 11 is 7.54. The third-order valence-corrected chi connectivity index (χ3v) is 3.82. The largest absolute Gasteiger partial charge is 0.355 e. The molecule has 1 heterocycles. The number of nitrogens with zero attached hydrogens (tertiary/aromatic N) is 1. The summed E-state index contributed by atoms with van der Waals surface area (Å²) in [6.45, 7) is 2.62. The van der Waals surface area contributed by atoms with Crippen LogP contribution >= 0.6 is 22.9 Å². The smallest absolute Gasteiger partial charge is 0.224 e. The van der Waals surface area contributed by atoms with Crippen LogP contribution in [0.2, 0.25) is 5.02 Å². The van der Waals surface area contributed by atoms with Gasteiger partial charge in [0.05, 0.1) is 11.4 Å². The summed E-state index contributed by atoms with van der Waals surface area (Å²) in [5.74, 6) is 0.0171. The SMILES string of the molecule is Cc1ncc(CCNC(=O)Cc2cccc(Cl)c2)s1. The molecule has 1 aromatic heterocycles. The number of amides is 1. The Hall–Kier alpha value is -1.39. The van der Waals surface area contributed by atoms with Gasteiger partial charge in [0, 0.05) is 29.1 Å². The molecule has 1 aromatic carbocycles. The number of hydrogen-bond donors (Lipinski definition) is 1. The van der Waals surface area contributed by atoms with Crippen LogP contribution in [-0.2, 0) is 17.6 Å². The first-order chi connectivity index (χ1) is 9.13. The number of nitrogens with one attached hydrogen (secondary N) is 1. The Balaban J connectivity index is 1.76. The van der Waals surface area contributed by atoms with Crippen LogP contribution in [0, 0.1) is 6.92 Å². The van der Waals surface area contributed by atoms with Crippen LogP contribution in [0.1, 0.15) is 15.4 Å². The molecule has 0 aliphatic rings. The lowest BCUT2D eigenvalue weighted by molar-refractivity contribution is -0.120. The third-order valence-electron chi connectivity index (χ3n) is 2.62. The highest BCUT2D eigenvalue weighted by Gasteiger charge is 2.04. The van der Waals surface area contributed by atoms with E-state index in [1.807, 2.05) is 31.3 Å². The van der Waals surface area contributed by atoms with Gasteiger partial charge in [-0.2, -0.15) is 0 Å². The average Bonchev–Trinajstić information content (AvgIpc) is 2.75. The number of rotatable bonds is 5. The van der Waals surface area contributed by atoms with E-state index in [0.717, 1.165) is 17.0 Å². The molecule has 0 fully saturated rings. The molecule has 0 bridgehead atoms. The predicted octanol–water partition coefficient (Wildman–Crippen LogP) is 3.01. The zero-order chi connectivity index (χ0) is 13.7. The van der Waals surface area contributed by atoms with Crippen molar-refractivity contribution in [1.82, 2.24) is 10.3 Å². The van der Waals surface area contributed by atoms with Crippen LogP contribution in [-0.4, -0.2) is 17.4 Å². The second-order valence-electron chi connectivity index (χ2n) is 4.25. The third kappa shape index (κ3) is 4.65. The first kappa shape index (κ1) is 14.0. The summed E-state index contributed by atoms with van der Waals surface area (Å²) in [5, 5.41) is 4.62. The monoisotopic (exact) mass is 294 g/mol. The number of benzene rings is 1. The van der Waals surface area contributed by atoms with Gasteiger partial charge in [-0.3, -0.25) is 4.79 Å². The normalized spacial score (nSPS) is 10.4. The van der Waals surface area contributed by atoms with Crippen LogP contribution in [0.5, 0.6) is 0 Å². The highest BCUT2D eigenvalue weighted by Crippen LogP contribution is 2.12. The van der Waals surface area contributed by atoms with E-state index in [1.165, 1.54) is 4.88 Å². The number of carbonyl (C=O) groups excluding carboxylic acids is 1. The summed E-state index contributed by atoms with van der Waals surface area (Å²) in [6, 6.07) is 7.37. The minimum Gasteiger partial charge on any atom is -0.355 e. The lowest BCUT2D eigenvalue weighted by Gasteiger charge is -2.04. The van der Waals surface area contributed by atoms with Crippen molar-refractivity contribution in [2.45, 2.75) is 19.8 Å². The number of halogens is 1. The lowest BCUT2D eigenvalue weighted by atomic mass is 10.1. The van der Waals surface area contributed by atoms with E-state index in [2.05, 4.69) is 10.3 Å². The molecule has 3 nitrogen and oxygen atoms in total. The van der Waals surface area contributed by atoms with Crippen molar-refractivity contribution >= 4 is 28.8 Å². The van der Waals surface area contributed by atoms with Gasteiger partial charge >= 0.3 is 0 Å². The molecule has 2 rings (SSSR count). The maximum atomic E-state index is 11.8. The molecule has 0 atom stereocenters. The van der Waals surface area contributed by atoms with Crippen molar-refractivity contribution in [3.05, 3.63) is 50.9 Å². The van der Waals surface area contributed by atoms with Crippen molar-refractivity contribution in [2.75, 3.05) is 6.54 Å². The Kier molecular flexibility index (Phi) is 4.93. The molecule has 5 heteroatoms. The van der Waals surface area contributed by atoms with E-state index >= 15 is 0 Å². The molecule has 1 amide bonds. The van der Waals surface area contributed by atoms with Crippen molar-refractivity contribution in [2.24, 2.45) is 0 Å². The highest BCUT2D eigenvalue weighted by molar-refractivity contribution is 7.11. The summed E-state index contributed by atoms with van der Waals surface area (Å²) in [6.07, 6.45) is 3.05. The van der Waals surface area contributed by atoms with Gasteiger partial charge in [0.1, 0.15) is 0 Å². The second kappa shape index (κ2) is 6.68. The van der Waals surface area contributed by atoms with Gasteiger partial charge in [0.15, 0.2) is 0 Å². The second-order valence-corrected chi connectivity index (χ2v) is 6.01. The Bertz CT molecular complexity index is 568. The number of aryl methyl sites for hydroxylation is 1. The summed E-state index contributed by atoms with van der Waals surface area (Å²) in [5.41, 5.74) is 0.929. The lowest BCUT2D eigenvalue weighted by Crippen LogP contribution is -2.27. The summed E-state index contributed by atoms with van der Waals surface area (Å²) in [7, 11) is 0.